The molecule has 0 radical (unpaired) electrons. The monoisotopic (exact) mass is 270 g/mol. The minimum absolute atomic E-state index is 0.756. The Morgan fingerprint density at radius 2 is 1.95 bits per heavy atom. The van der Waals surface area contributed by atoms with E-state index >= 15 is 0 Å². The summed E-state index contributed by atoms with van der Waals surface area (Å²) >= 11 is 0. The first kappa shape index (κ1) is 13.3. The average Bonchev–Trinajstić information content (AvgIpc) is 2.53. The quantitative estimate of drug-likeness (QED) is 0.927. The van der Waals surface area contributed by atoms with Crippen molar-refractivity contribution in [3.05, 3.63) is 30.5 Å². The first-order chi connectivity index (χ1) is 9.85. The summed E-state index contributed by atoms with van der Waals surface area (Å²) in [6.07, 6.45) is 4.40. The lowest BCUT2D eigenvalue weighted by atomic mass is 9.97. The van der Waals surface area contributed by atoms with Gasteiger partial charge in [-0.05, 0) is 50.5 Å². The van der Waals surface area contributed by atoms with E-state index in [4.69, 9.17) is 0 Å². The second-order valence-electron chi connectivity index (χ2n) is 5.50. The van der Waals surface area contributed by atoms with E-state index in [9.17, 15) is 0 Å². The zero-order chi connectivity index (χ0) is 13.8. The van der Waals surface area contributed by atoms with Crippen molar-refractivity contribution in [3.63, 3.8) is 0 Å². The highest BCUT2D eigenvalue weighted by Gasteiger charge is 2.17. The van der Waals surface area contributed by atoms with Gasteiger partial charge in [-0.1, -0.05) is 19.1 Å². The van der Waals surface area contributed by atoms with E-state index in [1.165, 1.54) is 32.5 Å². The lowest BCUT2D eigenvalue weighted by molar-refractivity contribution is 0.198. The van der Waals surface area contributed by atoms with E-state index in [0.29, 0.717) is 0 Å². The van der Waals surface area contributed by atoms with Gasteiger partial charge in [0.15, 0.2) is 0 Å². The van der Waals surface area contributed by atoms with Crippen LogP contribution in [0.1, 0.15) is 19.8 Å². The molecule has 2 aromatic rings. The Morgan fingerprint density at radius 1 is 1.20 bits per heavy atom. The SMILES string of the molecule is CCN1CCC(CNc2cnc3ccccc3n2)CC1. The van der Waals surface area contributed by atoms with Crippen molar-refractivity contribution in [2.75, 3.05) is 31.5 Å². The maximum atomic E-state index is 4.61. The number of rotatable bonds is 4. The van der Waals surface area contributed by atoms with Crippen LogP contribution in [0.25, 0.3) is 11.0 Å². The molecule has 1 aliphatic rings. The molecule has 4 heteroatoms. The highest BCUT2D eigenvalue weighted by atomic mass is 15.1. The zero-order valence-corrected chi connectivity index (χ0v) is 12.0. The summed E-state index contributed by atoms with van der Waals surface area (Å²) in [5.41, 5.74) is 1.91. The number of piperidine rings is 1. The third kappa shape index (κ3) is 3.07. The normalized spacial score (nSPS) is 17.4. The van der Waals surface area contributed by atoms with Gasteiger partial charge in [-0.2, -0.15) is 0 Å². The molecule has 0 bridgehead atoms. The van der Waals surface area contributed by atoms with Crippen molar-refractivity contribution in [1.29, 1.82) is 0 Å². The predicted octanol–water partition coefficient (Wildman–Crippen LogP) is 2.77. The average molecular weight is 270 g/mol. The minimum Gasteiger partial charge on any atom is -0.368 e. The molecule has 0 saturated carbocycles. The summed E-state index contributed by atoms with van der Waals surface area (Å²) in [7, 11) is 0. The Balaban J connectivity index is 1.57. The molecule has 4 nitrogen and oxygen atoms in total. The van der Waals surface area contributed by atoms with Crippen LogP contribution >= 0.6 is 0 Å². The standard InChI is InChI=1S/C16H22N4/c1-2-20-9-7-13(8-10-20)11-18-16-12-17-14-5-3-4-6-15(14)19-16/h3-6,12-13H,2,7-11H2,1H3,(H,18,19). The van der Waals surface area contributed by atoms with E-state index < -0.39 is 0 Å². The highest BCUT2D eigenvalue weighted by molar-refractivity contribution is 5.75. The number of benzene rings is 1. The smallest absolute Gasteiger partial charge is 0.145 e. The maximum absolute atomic E-state index is 4.61. The Labute approximate surface area is 120 Å². The van der Waals surface area contributed by atoms with Gasteiger partial charge in [-0.15, -0.1) is 0 Å². The van der Waals surface area contributed by atoms with E-state index in [-0.39, 0.29) is 0 Å². The Morgan fingerprint density at radius 3 is 2.70 bits per heavy atom. The molecule has 0 spiro atoms. The Kier molecular flexibility index (Phi) is 4.11. The van der Waals surface area contributed by atoms with Gasteiger partial charge in [0.1, 0.15) is 5.82 Å². The van der Waals surface area contributed by atoms with Crippen LogP contribution < -0.4 is 5.32 Å². The van der Waals surface area contributed by atoms with E-state index in [1.807, 2.05) is 30.5 Å². The van der Waals surface area contributed by atoms with Crippen LogP contribution in [0, 0.1) is 5.92 Å². The van der Waals surface area contributed by atoms with Crippen LogP contribution in [0.5, 0.6) is 0 Å². The van der Waals surface area contributed by atoms with E-state index in [0.717, 1.165) is 29.3 Å². The molecule has 1 N–H and O–H groups in total. The fraction of sp³-hybridized carbons (Fsp3) is 0.500. The number of para-hydroxylation sites is 2. The molecule has 1 aromatic heterocycles. The van der Waals surface area contributed by atoms with Crippen molar-refractivity contribution in [3.8, 4) is 0 Å². The fourth-order valence-electron chi connectivity index (χ4n) is 2.80. The van der Waals surface area contributed by atoms with Crippen molar-refractivity contribution in [2.24, 2.45) is 5.92 Å². The summed E-state index contributed by atoms with van der Waals surface area (Å²) in [5, 5.41) is 3.45. The number of anilines is 1. The van der Waals surface area contributed by atoms with Crippen molar-refractivity contribution in [2.45, 2.75) is 19.8 Å². The first-order valence-electron chi connectivity index (χ1n) is 7.53. The predicted molar refractivity (Wildman–Crippen MR) is 82.9 cm³/mol. The van der Waals surface area contributed by atoms with Crippen molar-refractivity contribution < 1.29 is 0 Å². The second kappa shape index (κ2) is 6.18. The van der Waals surface area contributed by atoms with E-state index in [1.54, 1.807) is 0 Å². The van der Waals surface area contributed by atoms with Gasteiger partial charge >= 0.3 is 0 Å². The Bertz CT molecular complexity index is 561. The number of likely N-dealkylation sites (tertiary alicyclic amines) is 1. The van der Waals surface area contributed by atoms with Crippen LogP contribution in [0.2, 0.25) is 0 Å². The molecule has 3 rings (SSSR count). The summed E-state index contributed by atoms with van der Waals surface area (Å²) in [5.74, 6) is 1.65. The molecule has 2 heterocycles. The molecular weight excluding hydrogens is 248 g/mol. The van der Waals surface area contributed by atoms with Gasteiger partial charge < -0.3 is 10.2 Å². The van der Waals surface area contributed by atoms with Crippen molar-refractivity contribution >= 4 is 16.9 Å². The second-order valence-corrected chi connectivity index (χ2v) is 5.50. The fourth-order valence-corrected chi connectivity index (χ4v) is 2.80. The molecular formula is C16H22N4. The number of nitrogens with zero attached hydrogens (tertiary/aromatic N) is 3. The van der Waals surface area contributed by atoms with Gasteiger partial charge in [0, 0.05) is 6.54 Å². The number of aromatic nitrogens is 2. The molecule has 1 aliphatic heterocycles. The van der Waals surface area contributed by atoms with Gasteiger partial charge in [0.2, 0.25) is 0 Å². The van der Waals surface area contributed by atoms with Gasteiger partial charge in [0.25, 0.3) is 0 Å². The van der Waals surface area contributed by atoms with Crippen LogP contribution in [0.3, 0.4) is 0 Å². The third-order valence-corrected chi connectivity index (χ3v) is 4.17. The number of nitrogens with one attached hydrogen (secondary N) is 1. The molecule has 1 fully saturated rings. The lowest BCUT2D eigenvalue weighted by Crippen LogP contribution is -2.35. The number of hydrogen-bond acceptors (Lipinski definition) is 4. The van der Waals surface area contributed by atoms with Crippen LogP contribution in [0.15, 0.2) is 30.5 Å². The van der Waals surface area contributed by atoms with Gasteiger partial charge in [-0.25, -0.2) is 4.98 Å². The molecule has 0 amide bonds. The topological polar surface area (TPSA) is 41.0 Å². The lowest BCUT2D eigenvalue weighted by Gasteiger charge is -2.31. The third-order valence-electron chi connectivity index (χ3n) is 4.17. The van der Waals surface area contributed by atoms with E-state index in [2.05, 4.69) is 27.1 Å². The highest BCUT2D eigenvalue weighted by Crippen LogP contribution is 2.18. The molecule has 106 valence electrons. The molecule has 0 aliphatic carbocycles. The van der Waals surface area contributed by atoms with Gasteiger partial charge in [0.05, 0.1) is 17.2 Å². The number of hydrogen-bond donors (Lipinski definition) is 1. The van der Waals surface area contributed by atoms with Crippen molar-refractivity contribution in [1.82, 2.24) is 14.9 Å². The first-order valence-corrected chi connectivity index (χ1v) is 7.53. The summed E-state index contributed by atoms with van der Waals surface area (Å²) in [4.78, 5) is 11.6. The Hall–Kier alpha value is -1.68. The summed E-state index contributed by atoms with van der Waals surface area (Å²) in [6.45, 7) is 6.88. The van der Waals surface area contributed by atoms with Gasteiger partial charge in [-0.3, -0.25) is 4.98 Å². The molecule has 1 saturated heterocycles. The summed E-state index contributed by atoms with van der Waals surface area (Å²) < 4.78 is 0. The minimum atomic E-state index is 0.756. The molecule has 0 unspecified atom stereocenters. The zero-order valence-electron chi connectivity index (χ0n) is 12.0. The largest absolute Gasteiger partial charge is 0.368 e. The van der Waals surface area contributed by atoms with Crippen LogP contribution in [-0.4, -0.2) is 41.0 Å². The van der Waals surface area contributed by atoms with Crippen LogP contribution in [0.4, 0.5) is 5.82 Å². The molecule has 1 aromatic carbocycles. The molecule has 20 heavy (non-hydrogen) atoms. The maximum Gasteiger partial charge on any atom is 0.145 e. The van der Waals surface area contributed by atoms with Crippen LogP contribution in [-0.2, 0) is 0 Å². The number of fused-ring (bicyclic) bond motifs is 1. The summed E-state index contributed by atoms with van der Waals surface area (Å²) in [6, 6.07) is 7.99. The molecule has 0 atom stereocenters.